The number of nitrogen functional groups attached to an aromatic ring is 1. The molecule has 0 bridgehead atoms. The van der Waals surface area contributed by atoms with Gasteiger partial charge in [-0.1, -0.05) is 0 Å². The summed E-state index contributed by atoms with van der Waals surface area (Å²) in [5.74, 6) is -2.94. The number of nitrogens with zero attached hydrogens (tertiary/aromatic N) is 3. The van der Waals surface area contributed by atoms with Gasteiger partial charge in [0.15, 0.2) is 6.61 Å². The van der Waals surface area contributed by atoms with Crippen molar-refractivity contribution in [1.82, 2.24) is 14.0 Å². The number of rotatable bonds is 6. The lowest BCUT2D eigenvalue weighted by Crippen LogP contribution is -2.42. The average molecular weight is 466 g/mol. The van der Waals surface area contributed by atoms with Crippen molar-refractivity contribution in [2.75, 3.05) is 12.3 Å². The summed E-state index contributed by atoms with van der Waals surface area (Å²) < 4.78 is 11.8. The molecule has 0 atom stereocenters. The van der Waals surface area contributed by atoms with Crippen molar-refractivity contribution in [1.29, 1.82) is 0 Å². The number of anilines is 1. The second-order valence-corrected chi connectivity index (χ2v) is 7.50. The van der Waals surface area contributed by atoms with Crippen molar-refractivity contribution in [3.63, 3.8) is 0 Å². The zero-order chi connectivity index (χ0) is 24.7. The maximum atomic E-state index is 12.7. The Hall–Kier alpha value is -4.74. The fraction of sp³-hybridized carbons (Fsp3) is 0.182. The fourth-order valence-corrected chi connectivity index (χ4v) is 3.53. The molecule has 0 aliphatic carbocycles. The van der Waals surface area contributed by atoms with Crippen LogP contribution in [0.1, 0.15) is 47.2 Å². The summed E-state index contributed by atoms with van der Waals surface area (Å²) in [6, 6.07) is 7.04. The lowest BCUT2D eigenvalue weighted by atomic mass is 10.1. The first-order valence-electron chi connectivity index (χ1n) is 9.90. The standard InChI is InChI=1S/C22H18N4O8/c1-24-17(23)16(20(30)25(2)22(24)32)15(27)10-34-21(31)11-5-6-13-14(8-11)19(29)26(18(13)28)9-12-4-3-7-33-12/h3-8H,9-10,23H2,1-2H3. The number of nitrogens with two attached hydrogens (primary N) is 1. The Kier molecular flexibility index (Phi) is 5.49. The number of benzene rings is 1. The Labute approximate surface area is 190 Å². The van der Waals surface area contributed by atoms with Gasteiger partial charge in [-0.25, -0.2) is 9.59 Å². The molecule has 1 aliphatic heterocycles. The van der Waals surface area contributed by atoms with E-state index < -0.39 is 47.0 Å². The zero-order valence-corrected chi connectivity index (χ0v) is 18.1. The predicted molar refractivity (Wildman–Crippen MR) is 115 cm³/mol. The second kappa shape index (κ2) is 8.31. The Morgan fingerprint density at radius 2 is 1.71 bits per heavy atom. The highest BCUT2D eigenvalue weighted by molar-refractivity contribution is 6.21. The molecular weight excluding hydrogens is 448 g/mol. The molecule has 34 heavy (non-hydrogen) atoms. The largest absolute Gasteiger partial charge is 0.467 e. The van der Waals surface area contributed by atoms with Crippen LogP contribution < -0.4 is 17.0 Å². The molecule has 2 amide bonds. The van der Waals surface area contributed by atoms with Crippen LogP contribution in [0.3, 0.4) is 0 Å². The highest BCUT2D eigenvalue weighted by Gasteiger charge is 2.36. The lowest BCUT2D eigenvalue weighted by Gasteiger charge is -2.11. The molecule has 0 spiro atoms. The van der Waals surface area contributed by atoms with Gasteiger partial charge >= 0.3 is 11.7 Å². The van der Waals surface area contributed by atoms with Gasteiger partial charge in [-0.15, -0.1) is 0 Å². The van der Waals surface area contributed by atoms with Crippen LogP contribution in [0.25, 0.3) is 0 Å². The Morgan fingerprint density at radius 1 is 1.00 bits per heavy atom. The molecule has 3 heterocycles. The summed E-state index contributed by atoms with van der Waals surface area (Å²) in [4.78, 5) is 75.4. The quantitative estimate of drug-likeness (QED) is 0.301. The molecule has 174 valence electrons. The van der Waals surface area contributed by atoms with E-state index in [9.17, 15) is 28.8 Å². The van der Waals surface area contributed by atoms with Crippen molar-refractivity contribution < 1.29 is 28.3 Å². The second-order valence-electron chi connectivity index (χ2n) is 7.50. The maximum Gasteiger partial charge on any atom is 0.338 e. The highest BCUT2D eigenvalue weighted by Crippen LogP contribution is 2.26. The van der Waals surface area contributed by atoms with Gasteiger partial charge < -0.3 is 14.9 Å². The van der Waals surface area contributed by atoms with Gasteiger partial charge in [-0.2, -0.15) is 0 Å². The number of furan rings is 1. The molecule has 12 heteroatoms. The van der Waals surface area contributed by atoms with Crippen LogP contribution in [0, 0.1) is 0 Å². The molecule has 0 saturated carbocycles. The number of carbonyl (C=O) groups excluding carboxylic acids is 4. The van der Waals surface area contributed by atoms with E-state index in [0.717, 1.165) is 9.47 Å². The fourth-order valence-electron chi connectivity index (χ4n) is 3.53. The maximum absolute atomic E-state index is 12.7. The van der Waals surface area contributed by atoms with E-state index in [1.165, 1.54) is 38.6 Å². The van der Waals surface area contributed by atoms with Crippen LogP contribution in [-0.4, -0.2) is 44.2 Å². The number of aromatic nitrogens is 2. The Balaban J connectivity index is 1.51. The van der Waals surface area contributed by atoms with Crippen LogP contribution in [0.2, 0.25) is 0 Å². The zero-order valence-electron chi connectivity index (χ0n) is 18.1. The van der Waals surface area contributed by atoms with Crippen LogP contribution in [0.15, 0.2) is 50.6 Å². The molecule has 0 radical (unpaired) electrons. The van der Waals surface area contributed by atoms with Gasteiger partial charge in [0.25, 0.3) is 17.4 Å². The average Bonchev–Trinajstić information content (AvgIpc) is 3.42. The third kappa shape index (κ3) is 3.60. The third-order valence-electron chi connectivity index (χ3n) is 5.42. The molecular formula is C22H18N4O8. The summed E-state index contributed by atoms with van der Waals surface area (Å²) in [6.45, 7) is -0.894. The molecule has 1 aliphatic rings. The van der Waals surface area contributed by atoms with Gasteiger partial charge in [0.1, 0.15) is 17.1 Å². The number of ketones is 1. The summed E-state index contributed by atoms with van der Waals surface area (Å²) in [7, 11) is 2.48. The summed E-state index contributed by atoms with van der Waals surface area (Å²) >= 11 is 0. The molecule has 0 fully saturated rings. The van der Waals surface area contributed by atoms with Crippen molar-refractivity contribution in [3.8, 4) is 0 Å². The lowest BCUT2D eigenvalue weighted by molar-refractivity contribution is 0.0474. The summed E-state index contributed by atoms with van der Waals surface area (Å²) in [6.07, 6.45) is 1.42. The first-order valence-corrected chi connectivity index (χ1v) is 9.90. The van der Waals surface area contributed by atoms with Crippen molar-refractivity contribution in [2.45, 2.75) is 6.54 Å². The van der Waals surface area contributed by atoms with E-state index in [0.29, 0.717) is 10.3 Å². The number of esters is 1. The summed E-state index contributed by atoms with van der Waals surface area (Å²) in [5.41, 5.74) is 3.66. The number of hydrogen-bond acceptors (Lipinski definition) is 9. The van der Waals surface area contributed by atoms with Crippen LogP contribution in [-0.2, 0) is 25.4 Å². The normalized spacial score (nSPS) is 12.7. The van der Waals surface area contributed by atoms with E-state index in [-0.39, 0.29) is 29.1 Å². The molecule has 2 aromatic heterocycles. The molecule has 0 unspecified atom stereocenters. The molecule has 1 aromatic carbocycles. The molecule has 4 rings (SSSR count). The topological polar surface area (TPSA) is 164 Å². The highest BCUT2D eigenvalue weighted by atomic mass is 16.5. The van der Waals surface area contributed by atoms with Crippen molar-refractivity contribution in [2.24, 2.45) is 14.1 Å². The molecule has 2 N–H and O–H groups in total. The van der Waals surface area contributed by atoms with Gasteiger partial charge in [0.05, 0.1) is 29.5 Å². The minimum Gasteiger partial charge on any atom is -0.467 e. The van der Waals surface area contributed by atoms with E-state index in [1.807, 2.05) is 0 Å². The predicted octanol–water partition coefficient (Wildman–Crippen LogP) is 0.0951. The number of amides is 2. The smallest absolute Gasteiger partial charge is 0.338 e. The molecule has 3 aromatic rings. The van der Waals surface area contributed by atoms with Crippen LogP contribution in [0.5, 0.6) is 0 Å². The van der Waals surface area contributed by atoms with Gasteiger partial charge in [-0.3, -0.25) is 33.2 Å². The number of hydrogen-bond donors (Lipinski definition) is 1. The van der Waals surface area contributed by atoms with Crippen molar-refractivity contribution >= 4 is 29.4 Å². The number of ether oxygens (including phenoxy) is 1. The first kappa shape index (κ1) is 22.5. The Bertz CT molecular complexity index is 1480. The van der Waals surface area contributed by atoms with Crippen molar-refractivity contribution in [3.05, 3.63) is 85.4 Å². The van der Waals surface area contributed by atoms with E-state index in [1.54, 1.807) is 12.1 Å². The van der Waals surface area contributed by atoms with E-state index in [4.69, 9.17) is 14.9 Å². The van der Waals surface area contributed by atoms with Crippen LogP contribution >= 0.6 is 0 Å². The van der Waals surface area contributed by atoms with Gasteiger partial charge in [0, 0.05) is 14.1 Å². The number of carbonyl (C=O) groups is 4. The first-order chi connectivity index (χ1) is 16.1. The van der Waals surface area contributed by atoms with E-state index in [2.05, 4.69) is 0 Å². The Morgan fingerprint density at radius 3 is 2.38 bits per heavy atom. The van der Waals surface area contributed by atoms with Gasteiger partial charge in [0.2, 0.25) is 5.78 Å². The SMILES string of the molecule is Cn1c(N)c(C(=O)COC(=O)c2ccc3c(c2)C(=O)N(Cc2ccco2)C3=O)c(=O)n(C)c1=O. The minimum absolute atomic E-state index is 0.00788. The minimum atomic E-state index is -0.957. The summed E-state index contributed by atoms with van der Waals surface area (Å²) in [5, 5.41) is 0. The molecule has 12 nitrogen and oxygen atoms in total. The number of Topliss-reactive ketones (excluding diaryl/α,β-unsaturated/α-hetero) is 1. The van der Waals surface area contributed by atoms with E-state index >= 15 is 0 Å². The number of fused-ring (bicyclic) bond motifs is 1. The third-order valence-corrected chi connectivity index (χ3v) is 5.42. The van der Waals surface area contributed by atoms with Crippen LogP contribution in [0.4, 0.5) is 5.82 Å². The molecule has 0 saturated heterocycles. The van der Waals surface area contributed by atoms with Gasteiger partial charge in [-0.05, 0) is 30.3 Å². The monoisotopic (exact) mass is 466 g/mol. The number of imide groups is 1.